The molecule has 1 atom stereocenters. The Morgan fingerprint density at radius 3 is 2.73 bits per heavy atom. The van der Waals surface area contributed by atoms with Gasteiger partial charge in [0, 0.05) is 50.4 Å². The highest BCUT2D eigenvalue weighted by atomic mass is 16.5. The zero-order valence-corrected chi connectivity index (χ0v) is 17.5. The van der Waals surface area contributed by atoms with Crippen molar-refractivity contribution in [3.63, 3.8) is 0 Å². The summed E-state index contributed by atoms with van der Waals surface area (Å²) in [6.07, 6.45) is 2.54. The van der Waals surface area contributed by atoms with Gasteiger partial charge in [-0.15, -0.1) is 0 Å². The molecule has 3 aromatic rings. The lowest BCUT2D eigenvalue weighted by molar-refractivity contribution is 0.139. The maximum Gasteiger partial charge on any atom is 0.224 e. The highest BCUT2D eigenvalue weighted by molar-refractivity contribution is 5.86. The molecular formula is C22H27N5O3. The predicted octanol–water partition coefficient (Wildman–Crippen LogP) is 2.72. The Balaban J connectivity index is 1.29. The quantitative estimate of drug-likeness (QED) is 0.637. The molecule has 2 saturated heterocycles. The second-order valence-electron chi connectivity index (χ2n) is 8.05. The van der Waals surface area contributed by atoms with Crippen LogP contribution in [0.5, 0.6) is 5.88 Å². The van der Waals surface area contributed by atoms with Crippen molar-refractivity contribution < 1.29 is 14.0 Å². The number of hydrogen-bond acceptors (Lipinski definition) is 8. The van der Waals surface area contributed by atoms with Crippen molar-refractivity contribution in [2.24, 2.45) is 0 Å². The number of hydrogen-bond donors (Lipinski definition) is 0. The molecule has 0 bridgehead atoms. The second-order valence-corrected chi connectivity index (χ2v) is 8.05. The molecule has 158 valence electrons. The van der Waals surface area contributed by atoms with Crippen molar-refractivity contribution in [2.75, 3.05) is 44.3 Å². The van der Waals surface area contributed by atoms with E-state index >= 15 is 0 Å². The van der Waals surface area contributed by atoms with E-state index in [0.29, 0.717) is 12.5 Å². The van der Waals surface area contributed by atoms with Gasteiger partial charge >= 0.3 is 0 Å². The van der Waals surface area contributed by atoms with Gasteiger partial charge in [0.15, 0.2) is 0 Å². The third-order valence-corrected chi connectivity index (χ3v) is 6.05. The predicted molar refractivity (Wildman–Crippen MR) is 113 cm³/mol. The topological polar surface area (TPSA) is 76.8 Å². The molecule has 8 nitrogen and oxygen atoms in total. The lowest BCUT2D eigenvalue weighted by Gasteiger charge is -2.36. The number of fused-ring (bicyclic) bond motifs is 1. The zero-order valence-electron chi connectivity index (χ0n) is 17.5. The van der Waals surface area contributed by atoms with Crippen LogP contribution in [0.3, 0.4) is 0 Å². The summed E-state index contributed by atoms with van der Waals surface area (Å²) in [5.41, 5.74) is 4.29. The number of piperazine rings is 1. The fraction of sp³-hybridized carbons (Fsp3) is 0.500. The molecule has 2 aliphatic heterocycles. The zero-order chi connectivity index (χ0) is 20.5. The normalized spacial score (nSPS) is 20.2. The van der Waals surface area contributed by atoms with Gasteiger partial charge in [-0.05, 0) is 32.0 Å². The summed E-state index contributed by atoms with van der Waals surface area (Å²) >= 11 is 0. The molecule has 1 unspecified atom stereocenters. The maximum atomic E-state index is 6.11. The maximum absolute atomic E-state index is 6.11. The van der Waals surface area contributed by atoms with Gasteiger partial charge in [-0.3, -0.25) is 4.90 Å². The van der Waals surface area contributed by atoms with Gasteiger partial charge in [-0.2, -0.15) is 0 Å². The van der Waals surface area contributed by atoms with E-state index in [9.17, 15) is 0 Å². The average Bonchev–Trinajstić information content (AvgIpc) is 3.39. The third-order valence-electron chi connectivity index (χ3n) is 6.05. The van der Waals surface area contributed by atoms with Crippen molar-refractivity contribution in [1.82, 2.24) is 20.0 Å². The molecule has 4 heterocycles. The molecule has 0 amide bonds. The van der Waals surface area contributed by atoms with Crippen LogP contribution in [0.2, 0.25) is 0 Å². The highest BCUT2D eigenvalue weighted by Crippen LogP contribution is 2.29. The molecule has 8 heteroatoms. The average molecular weight is 409 g/mol. The number of anilines is 1. The monoisotopic (exact) mass is 409 g/mol. The molecule has 2 fully saturated rings. The molecular weight excluding hydrogens is 382 g/mol. The molecule has 0 N–H and O–H groups in total. The summed E-state index contributed by atoms with van der Waals surface area (Å²) in [5, 5.41) is 5.03. The van der Waals surface area contributed by atoms with E-state index in [4.69, 9.17) is 14.0 Å². The summed E-state index contributed by atoms with van der Waals surface area (Å²) in [6.45, 7) is 10.2. The first kappa shape index (κ1) is 19.3. The first-order chi connectivity index (χ1) is 14.7. The van der Waals surface area contributed by atoms with Crippen LogP contribution in [0.1, 0.15) is 23.4 Å². The number of aromatic nitrogens is 3. The van der Waals surface area contributed by atoms with Crippen molar-refractivity contribution in [2.45, 2.75) is 32.9 Å². The number of ether oxygens (including phenoxy) is 2. The Kier molecular flexibility index (Phi) is 5.26. The lowest BCUT2D eigenvalue weighted by atomic mass is 10.1. The Labute approximate surface area is 175 Å². The van der Waals surface area contributed by atoms with E-state index < -0.39 is 0 Å². The third kappa shape index (κ3) is 3.85. The number of rotatable bonds is 5. The SMILES string of the molecule is Cc1noc(C)c1CN1CCN(c2ccc3ncnc(OC4CCOC4)c3c2)CC1. The van der Waals surface area contributed by atoms with Gasteiger partial charge in [0.05, 0.1) is 29.8 Å². The number of aryl methyl sites for hydroxylation is 2. The summed E-state index contributed by atoms with van der Waals surface area (Å²) in [6, 6.07) is 6.35. The lowest BCUT2D eigenvalue weighted by Crippen LogP contribution is -2.46. The molecule has 5 rings (SSSR count). The van der Waals surface area contributed by atoms with Gasteiger partial charge in [-0.25, -0.2) is 9.97 Å². The minimum Gasteiger partial charge on any atom is -0.471 e. The molecule has 2 aliphatic rings. The number of nitrogens with zero attached hydrogens (tertiary/aromatic N) is 5. The Morgan fingerprint density at radius 2 is 2.00 bits per heavy atom. The van der Waals surface area contributed by atoms with Crippen LogP contribution in [0.4, 0.5) is 5.69 Å². The van der Waals surface area contributed by atoms with Crippen molar-refractivity contribution in [3.8, 4) is 5.88 Å². The molecule has 2 aromatic heterocycles. The van der Waals surface area contributed by atoms with Crippen LogP contribution in [-0.4, -0.2) is 65.5 Å². The molecule has 0 radical (unpaired) electrons. The van der Waals surface area contributed by atoms with E-state index in [1.165, 1.54) is 11.3 Å². The van der Waals surface area contributed by atoms with E-state index in [1.54, 1.807) is 6.33 Å². The van der Waals surface area contributed by atoms with Crippen molar-refractivity contribution in [3.05, 3.63) is 41.5 Å². The van der Waals surface area contributed by atoms with Gasteiger partial charge in [0.25, 0.3) is 0 Å². The largest absolute Gasteiger partial charge is 0.471 e. The standard InChI is InChI=1S/C22H27N5O3/c1-15-20(16(2)30-25-15)12-26-6-8-27(9-7-26)17-3-4-21-19(11-17)22(24-14-23-21)29-18-5-10-28-13-18/h3-4,11,14,18H,5-10,12-13H2,1-2H3. The Hall–Kier alpha value is -2.71. The van der Waals surface area contributed by atoms with Gasteiger partial charge in [0.2, 0.25) is 5.88 Å². The molecule has 1 aromatic carbocycles. The summed E-state index contributed by atoms with van der Waals surface area (Å²) in [7, 11) is 0. The molecule has 0 saturated carbocycles. The highest BCUT2D eigenvalue weighted by Gasteiger charge is 2.22. The molecule has 0 spiro atoms. The minimum absolute atomic E-state index is 0.0691. The first-order valence-corrected chi connectivity index (χ1v) is 10.6. The summed E-state index contributed by atoms with van der Waals surface area (Å²) < 4.78 is 16.9. The van der Waals surface area contributed by atoms with E-state index in [2.05, 4.69) is 43.1 Å². The van der Waals surface area contributed by atoms with Crippen LogP contribution < -0.4 is 9.64 Å². The fourth-order valence-corrected chi connectivity index (χ4v) is 4.19. The molecule has 30 heavy (non-hydrogen) atoms. The van der Waals surface area contributed by atoms with Crippen molar-refractivity contribution >= 4 is 16.6 Å². The fourth-order valence-electron chi connectivity index (χ4n) is 4.19. The van der Waals surface area contributed by atoms with Gasteiger partial charge in [-0.1, -0.05) is 5.16 Å². The summed E-state index contributed by atoms with van der Waals surface area (Å²) in [4.78, 5) is 13.7. The van der Waals surface area contributed by atoms with Crippen LogP contribution >= 0.6 is 0 Å². The van der Waals surface area contributed by atoms with Crippen LogP contribution in [0.25, 0.3) is 10.9 Å². The van der Waals surface area contributed by atoms with Gasteiger partial charge in [0.1, 0.15) is 18.2 Å². The Morgan fingerprint density at radius 1 is 1.13 bits per heavy atom. The first-order valence-electron chi connectivity index (χ1n) is 10.6. The van der Waals surface area contributed by atoms with E-state index in [-0.39, 0.29) is 6.10 Å². The Bertz CT molecular complexity index is 1000. The molecule has 0 aliphatic carbocycles. The van der Waals surface area contributed by atoms with E-state index in [1.807, 2.05) is 13.8 Å². The number of benzene rings is 1. The van der Waals surface area contributed by atoms with Crippen LogP contribution in [0.15, 0.2) is 29.0 Å². The van der Waals surface area contributed by atoms with Crippen molar-refractivity contribution in [1.29, 1.82) is 0 Å². The van der Waals surface area contributed by atoms with Gasteiger partial charge < -0.3 is 18.9 Å². The minimum atomic E-state index is 0.0691. The van der Waals surface area contributed by atoms with Crippen LogP contribution in [0, 0.1) is 13.8 Å². The van der Waals surface area contributed by atoms with E-state index in [0.717, 1.165) is 68.1 Å². The smallest absolute Gasteiger partial charge is 0.224 e. The summed E-state index contributed by atoms with van der Waals surface area (Å²) in [5.74, 6) is 1.57. The van der Waals surface area contributed by atoms with Crippen LogP contribution in [-0.2, 0) is 11.3 Å². The second kappa shape index (κ2) is 8.20.